The molecule has 1 saturated carbocycles. The van der Waals surface area contributed by atoms with E-state index in [0.29, 0.717) is 10.7 Å². The van der Waals surface area contributed by atoms with Gasteiger partial charge in [0, 0.05) is 11.3 Å². The number of rotatable bonds is 5. The van der Waals surface area contributed by atoms with E-state index in [2.05, 4.69) is 20.0 Å². The van der Waals surface area contributed by atoms with Crippen LogP contribution in [0.15, 0.2) is 41.5 Å². The minimum Gasteiger partial charge on any atom is -0.461 e. The highest BCUT2D eigenvalue weighted by Gasteiger charge is 2.48. The first kappa shape index (κ1) is 19.6. The van der Waals surface area contributed by atoms with Gasteiger partial charge in [-0.2, -0.15) is 0 Å². The van der Waals surface area contributed by atoms with Gasteiger partial charge < -0.3 is 15.8 Å². The van der Waals surface area contributed by atoms with Crippen molar-refractivity contribution in [2.24, 2.45) is 16.6 Å². The van der Waals surface area contributed by atoms with Crippen molar-refractivity contribution in [3.8, 4) is 5.75 Å². The largest absolute Gasteiger partial charge is 0.461 e. The summed E-state index contributed by atoms with van der Waals surface area (Å²) < 4.78 is 32.3. The molecule has 0 spiro atoms. The third-order valence-electron chi connectivity index (χ3n) is 5.43. The van der Waals surface area contributed by atoms with Gasteiger partial charge in [-0.05, 0) is 37.0 Å². The summed E-state index contributed by atoms with van der Waals surface area (Å²) in [6.45, 7) is -0.987. The maximum atomic E-state index is 15.4. The van der Waals surface area contributed by atoms with E-state index in [0.717, 1.165) is 25.0 Å². The molecular formula is C20H20F2N4O2S. The predicted molar refractivity (Wildman–Crippen MR) is 108 cm³/mol. The monoisotopic (exact) mass is 418 g/mol. The molecule has 0 bridgehead atoms. The first-order valence-electron chi connectivity index (χ1n) is 9.27. The van der Waals surface area contributed by atoms with E-state index in [1.807, 2.05) is 0 Å². The summed E-state index contributed by atoms with van der Waals surface area (Å²) in [5.74, 6) is 0.145. The Balaban J connectivity index is 1.62. The molecule has 4 rings (SSSR count). The number of halogens is 2. The molecule has 1 aliphatic carbocycles. The van der Waals surface area contributed by atoms with Crippen molar-refractivity contribution in [1.82, 2.24) is 4.98 Å². The standard InChI is InChI=1S/C20H20F2N4O2S/c21-11-28-13-6-7-16(24-9-13)18(27)25-15-5-1-4-14(17(15)22)20-8-2-3-12(20)10-29-19(23)26-20/h1,4-7,9,12H,2-3,8,10-11H2,(H2,23,26)(H,25,27). The zero-order valence-corrected chi connectivity index (χ0v) is 16.3. The molecule has 2 atom stereocenters. The van der Waals surface area contributed by atoms with Gasteiger partial charge in [0.1, 0.15) is 11.4 Å². The highest BCUT2D eigenvalue weighted by molar-refractivity contribution is 8.13. The number of hydrogen-bond acceptors (Lipinski definition) is 6. The van der Waals surface area contributed by atoms with E-state index in [9.17, 15) is 9.18 Å². The average molecular weight is 418 g/mol. The molecule has 3 N–H and O–H groups in total. The molecule has 0 radical (unpaired) electrons. The minimum atomic E-state index is -0.987. The molecule has 1 amide bonds. The zero-order valence-electron chi connectivity index (χ0n) is 15.5. The fourth-order valence-electron chi connectivity index (χ4n) is 4.07. The molecule has 1 aliphatic heterocycles. The molecule has 1 fully saturated rings. The maximum absolute atomic E-state index is 15.4. The van der Waals surface area contributed by atoms with Crippen molar-refractivity contribution in [2.45, 2.75) is 24.8 Å². The highest BCUT2D eigenvalue weighted by atomic mass is 32.2. The lowest BCUT2D eigenvalue weighted by atomic mass is 9.81. The van der Waals surface area contributed by atoms with Crippen molar-refractivity contribution in [3.63, 3.8) is 0 Å². The van der Waals surface area contributed by atoms with Crippen LogP contribution in [0.3, 0.4) is 0 Å². The number of aliphatic imine (C=N–C) groups is 1. The quantitative estimate of drug-likeness (QED) is 0.770. The first-order chi connectivity index (χ1) is 14.0. The summed E-state index contributed by atoms with van der Waals surface area (Å²) >= 11 is 1.50. The van der Waals surface area contributed by atoms with Crippen LogP contribution < -0.4 is 15.8 Å². The van der Waals surface area contributed by atoms with Gasteiger partial charge in [-0.25, -0.2) is 13.8 Å². The van der Waals surface area contributed by atoms with Crippen molar-refractivity contribution in [3.05, 3.63) is 53.6 Å². The van der Waals surface area contributed by atoms with Crippen LogP contribution in [0.5, 0.6) is 5.75 Å². The number of amidine groups is 1. The minimum absolute atomic E-state index is 0.0606. The van der Waals surface area contributed by atoms with E-state index >= 15 is 4.39 Å². The van der Waals surface area contributed by atoms with E-state index in [-0.39, 0.29) is 23.0 Å². The molecule has 2 heterocycles. The Kier molecular flexibility index (Phi) is 5.40. The van der Waals surface area contributed by atoms with Crippen LogP contribution in [0.25, 0.3) is 0 Å². The van der Waals surface area contributed by atoms with Crippen LogP contribution in [-0.4, -0.2) is 28.7 Å². The zero-order chi connectivity index (χ0) is 20.4. The van der Waals surface area contributed by atoms with E-state index in [1.54, 1.807) is 12.1 Å². The smallest absolute Gasteiger partial charge is 0.274 e. The van der Waals surface area contributed by atoms with Gasteiger partial charge in [-0.1, -0.05) is 30.3 Å². The Morgan fingerprint density at radius 2 is 2.24 bits per heavy atom. The number of thioether (sulfide) groups is 1. The second-order valence-corrected chi connectivity index (χ2v) is 8.07. The third-order valence-corrected chi connectivity index (χ3v) is 6.39. The summed E-state index contributed by atoms with van der Waals surface area (Å²) in [4.78, 5) is 21.1. The number of nitrogens with zero attached hydrogens (tertiary/aromatic N) is 2. The third kappa shape index (κ3) is 3.66. The first-order valence-corrected chi connectivity index (χ1v) is 10.3. The highest BCUT2D eigenvalue weighted by Crippen LogP contribution is 2.51. The van der Waals surface area contributed by atoms with Gasteiger partial charge in [0.05, 0.1) is 17.4 Å². The predicted octanol–water partition coefficient (Wildman–Crippen LogP) is 3.84. The Labute approximate surface area is 170 Å². The van der Waals surface area contributed by atoms with Gasteiger partial charge >= 0.3 is 0 Å². The summed E-state index contributed by atoms with van der Waals surface area (Å²) in [6, 6.07) is 7.74. The number of fused-ring (bicyclic) bond motifs is 1. The molecule has 0 saturated heterocycles. The van der Waals surface area contributed by atoms with Gasteiger partial charge in [-0.3, -0.25) is 9.79 Å². The molecule has 2 aliphatic rings. The van der Waals surface area contributed by atoms with Crippen LogP contribution in [-0.2, 0) is 5.54 Å². The van der Waals surface area contributed by atoms with Crippen LogP contribution in [0, 0.1) is 11.7 Å². The van der Waals surface area contributed by atoms with Gasteiger partial charge in [0.15, 0.2) is 11.0 Å². The van der Waals surface area contributed by atoms with Crippen molar-refractivity contribution in [2.75, 3.05) is 17.9 Å². The van der Waals surface area contributed by atoms with E-state index in [4.69, 9.17) is 5.73 Å². The summed E-state index contributed by atoms with van der Waals surface area (Å²) in [6.07, 6.45) is 3.89. The SMILES string of the molecule is NC1=NC2(c3cccc(NC(=O)c4ccc(OCF)cn4)c3F)CCCC2CS1. The Bertz CT molecular complexity index is 954. The number of benzene rings is 1. The number of amides is 1. The lowest BCUT2D eigenvalue weighted by Crippen LogP contribution is -2.37. The average Bonchev–Trinajstić information content (AvgIpc) is 3.14. The molecule has 152 valence electrons. The second-order valence-electron chi connectivity index (χ2n) is 7.03. The Hall–Kier alpha value is -2.68. The molecule has 1 aromatic heterocycles. The topological polar surface area (TPSA) is 89.6 Å². The normalized spacial score (nSPS) is 23.2. The molecule has 29 heavy (non-hydrogen) atoms. The molecular weight excluding hydrogens is 398 g/mol. The number of ether oxygens (including phenoxy) is 1. The van der Waals surface area contributed by atoms with Crippen LogP contribution in [0.1, 0.15) is 35.3 Å². The fourth-order valence-corrected chi connectivity index (χ4v) is 5.11. The number of carbonyl (C=O) groups is 1. The summed E-state index contributed by atoms with van der Waals surface area (Å²) in [5, 5.41) is 3.04. The van der Waals surface area contributed by atoms with Crippen LogP contribution in [0.4, 0.5) is 14.5 Å². The fraction of sp³-hybridized carbons (Fsp3) is 0.350. The van der Waals surface area contributed by atoms with Gasteiger partial charge in [0.25, 0.3) is 5.91 Å². The number of carbonyl (C=O) groups excluding carboxylic acids is 1. The van der Waals surface area contributed by atoms with Crippen molar-refractivity contribution < 1.29 is 18.3 Å². The summed E-state index contributed by atoms with van der Waals surface area (Å²) in [7, 11) is 0. The number of hydrogen-bond donors (Lipinski definition) is 2. The molecule has 2 unspecified atom stereocenters. The van der Waals surface area contributed by atoms with Crippen LogP contribution in [0.2, 0.25) is 0 Å². The Morgan fingerprint density at radius 3 is 3.00 bits per heavy atom. The van der Waals surface area contributed by atoms with Crippen molar-refractivity contribution in [1.29, 1.82) is 0 Å². The number of alkyl halides is 1. The number of nitrogens with one attached hydrogen (secondary N) is 1. The molecule has 2 aromatic rings. The summed E-state index contributed by atoms with van der Waals surface area (Å²) in [5.41, 5.74) is 5.88. The maximum Gasteiger partial charge on any atom is 0.274 e. The second kappa shape index (κ2) is 7.98. The van der Waals surface area contributed by atoms with Gasteiger partial charge in [0.2, 0.25) is 6.86 Å². The van der Waals surface area contributed by atoms with E-state index < -0.39 is 24.1 Å². The van der Waals surface area contributed by atoms with Crippen LogP contribution >= 0.6 is 11.8 Å². The number of nitrogens with two attached hydrogens (primary N) is 1. The number of aromatic nitrogens is 1. The molecule has 6 nitrogen and oxygen atoms in total. The number of pyridine rings is 1. The van der Waals surface area contributed by atoms with Gasteiger partial charge in [-0.15, -0.1) is 0 Å². The molecule has 1 aromatic carbocycles. The lowest BCUT2D eigenvalue weighted by Gasteiger charge is -2.36. The van der Waals surface area contributed by atoms with Crippen molar-refractivity contribution >= 4 is 28.5 Å². The van der Waals surface area contributed by atoms with E-state index in [1.165, 1.54) is 36.2 Å². The Morgan fingerprint density at radius 1 is 1.38 bits per heavy atom. The molecule has 9 heteroatoms. The lowest BCUT2D eigenvalue weighted by molar-refractivity contribution is 0.102. The number of anilines is 1.